The molecular formula is C11H19NO2. The number of hydrogen-bond acceptors (Lipinski definition) is 3. The molecule has 0 radical (unpaired) electrons. The second-order valence-electron chi connectivity index (χ2n) is 4.61. The van der Waals surface area contributed by atoms with Crippen LogP contribution in [0.2, 0.25) is 0 Å². The van der Waals surface area contributed by atoms with Gasteiger partial charge in [-0.05, 0) is 45.1 Å². The number of ether oxygens (including phenoxy) is 1. The predicted molar refractivity (Wildman–Crippen MR) is 53.9 cm³/mol. The van der Waals surface area contributed by atoms with Crippen LogP contribution in [0, 0.1) is 5.92 Å². The molecule has 2 fully saturated rings. The van der Waals surface area contributed by atoms with Crippen LogP contribution in [0.1, 0.15) is 38.5 Å². The lowest BCUT2D eigenvalue weighted by atomic mass is 9.76. The van der Waals surface area contributed by atoms with Crippen molar-refractivity contribution < 1.29 is 9.53 Å². The molecule has 0 unspecified atom stereocenters. The fraction of sp³-hybridized carbons (Fsp3) is 0.909. The number of carbonyl (C=O) groups excluding carboxylic acids is 1. The van der Waals surface area contributed by atoms with Gasteiger partial charge in [-0.15, -0.1) is 0 Å². The van der Waals surface area contributed by atoms with Gasteiger partial charge in [-0.1, -0.05) is 0 Å². The van der Waals surface area contributed by atoms with E-state index in [0.29, 0.717) is 5.54 Å². The van der Waals surface area contributed by atoms with Crippen LogP contribution in [0.15, 0.2) is 0 Å². The van der Waals surface area contributed by atoms with Gasteiger partial charge in [0.05, 0.1) is 13.0 Å². The van der Waals surface area contributed by atoms with Crippen molar-refractivity contribution in [1.82, 2.24) is 5.32 Å². The Morgan fingerprint density at radius 3 is 2.57 bits per heavy atom. The van der Waals surface area contributed by atoms with Gasteiger partial charge in [0.25, 0.3) is 0 Å². The van der Waals surface area contributed by atoms with E-state index in [1.54, 1.807) is 0 Å². The molecule has 3 nitrogen and oxygen atoms in total. The molecule has 0 aromatic rings. The van der Waals surface area contributed by atoms with E-state index in [-0.39, 0.29) is 11.9 Å². The lowest BCUT2D eigenvalue weighted by Gasteiger charge is -2.36. The molecule has 80 valence electrons. The Labute approximate surface area is 85.2 Å². The summed E-state index contributed by atoms with van der Waals surface area (Å²) in [5.41, 5.74) is 0.379. The summed E-state index contributed by atoms with van der Waals surface area (Å²) >= 11 is 0. The second-order valence-corrected chi connectivity index (χ2v) is 4.61. The van der Waals surface area contributed by atoms with Crippen molar-refractivity contribution in [2.75, 3.05) is 13.7 Å². The van der Waals surface area contributed by atoms with Crippen LogP contribution in [0.4, 0.5) is 0 Å². The molecule has 14 heavy (non-hydrogen) atoms. The van der Waals surface area contributed by atoms with Crippen molar-refractivity contribution in [1.29, 1.82) is 0 Å². The third-order valence-electron chi connectivity index (χ3n) is 3.81. The first-order valence-electron chi connectivity index (χ1n) is 5.59. The van der Waals surface area contributed by atoms with Crippen molar-refractivity contribution in [2.24, 2.45) is 5.92 Å². The van der Waals surface area contributed by atoms with Gasteiger partial charge in [-0.25, -0.2) is 0 Å². The molecule has 0 bridgehead atoms. The number of hydrogen-bond donors (Lipinski definition) is 1. The van der Waals surface area contributed by atoms with E-state index in [9.17, 15) is 4.79 Å². The summed E-state index contributed by atoms with van der Waals surface area (Å²) in [6.07, 6.45) is 6.88. The highest BCUT2D eigenvalue weighted by molar-refractivity contribution is 5.72. The maximum Gasteiger partial charge on any atom is 0.308 e. The zero-order valence-corrected chi connectivity index (χ0v) is 8.84. The molecule has 1 heterocycles. The van der Waals surface area contributed by atoms with Gasteiger partial charge < -0.3 is 10.1 Å². The molecular weight excluding hydrogens is 178 g/mol. The maximum atomic E-state index is 11.3. The lowest BCUT2D eigenvalue weighted by molar-refractivity contribution is -0.147. The van der Waals surface area contributed by atoms with Crippen LogP contribution in [0.3, 0.4) is 0 Å². The molecule has 0 atom stereocenters. The van der Waals surface area contributed by atoms with E-state index in [1.165, 1.54) is 20.0 Å². The van der Waals surface area contributed by atoms with Gasteiger partial charge >= 0.3 is 5.97 Å². The van der Waals surface area contributed by atoms with E-state index in [2.05, 4.69) is 5.32 Å². The summed E-state index contributed by atoms with van der Waals surface area (Å²) in [6, 6.07) is 0. The molecule has 3 heteroatoms. The number of esters is 1. The van der Waals surface area contributed by atoms with E-state index < -0.39 is 0 Å². The smallest absolute Gasteiger partial charge is 0.308 e. The highest BCUT2D eigenvalue weighted by Gasteiger charge is 2.39. The summed E-state index contributed by atoms with van der Waals surface area (Å²) in [6.45, 7) is 1.16. The fourth-order valence-electron chi connectivity index (χ4n) is 2.87. The van der Waals surface area contributed by atoms with Crippen molar-refractivity contribution in [3.05, 3.63) is 0 Å². The summed E-state index contributed by atoms with van der Waals surface area (Å²) < 4.78 is 4.78. The Hall–Kier alpha value is -0.570. The van der Waals surface area contributed by atoms with Gasteiger partial charge in [0.15, 0.2) is 0 Å². The van der Waals surface area contributed by atoms with Crippen molar-refractivity contribution in [2.45, 2.75) is 44.1 Å². The molecule has 0 aromatic carbocycles. The number of methoxy groups -OCH3 is 1. The first-order valence-corrected chi connectivity index (χ1v) is 5.59. The summed E-state index contributed by atoms with van der Waals surface area (Å²) in [5.74, 6) is 0.144. The SMILES string of the molecule is COC(=O)C1CCC2(CCCN2)CC1. The van der Waals surface area contributed by atoms with Gasteiger partial charge in [-0.3, -0.25) is 4.79 Å². The van der Waals surface area contributed by atoms with E-state index in [0.717, 1.165) is 32.2 Å². The molecule has 0 amide bonds. The monoisotopic (exact) mass is 197 g/mol. The third-order valence-corrected chi connectivity index (χ3v) is 3.81. The molecule has 1 aliphatic carbocycles. The van der Waals surface area contributed by atoms with Crippen LogP contribution in [-0.2, 0) is 9.53 Å². The zero-order chi connectivity index (χ0) is 10.0. The van der Waals surface area contributed by atoms with Crippen molar-refractivity contribution in [3.63, 3.8) is 0 Å². The van der Waals surface area contributed by atoms with Gasteiger partial charge in [-0.2, -0.15) is 0 Å². The molecule has 2 aliphatic rings. The van der Waals surface area contributed by atoms with Crippen molar-refractivity contribution >= 4 is 5.97 Å². The van der Waals surface area contributed by atoms with Crippen LogP contribution in [-0.4, -0.2) is 25.2 Å². The Morgan fingerprint density at radius 2 is 2.07 bits per heavy atom. The molecule has 2 rings (SSSR count). The first kappa shape index (κ1) is 9.97. The standard InChI is InChI=1S/C11H19NO2/c1-14-10(13)9-3-6-11(7-4-9)5-2-8-12-11/h9,12H,2-8H2,1H3. The number of nitrogens with one attached hydrogen (secondary N) is 1. The highest BCUT2D eigenvalue weighted by atomic mass is 16.5. The highest BCUT2D eigenvalue weighted by Crippen LogP contribution is 2.37. The normalized spacial score (nSPS) is 37.4. The predicted octanol–water partition coefficient (Wildman–Crippen LogP) is 1.47. The Bertz CT molecular complexity index is 211. The van der Waals surface area contributed by atoms with E-state index >= 15 is 0 Å². The number of carbonyl (C=O) groups is 1. The third kappa shape index (κ3) is 1.78. The minimum atomic E-state index is -0.0159. The van der Waals surface area contributed by atoms with E-state index in [1.807, 2.05) is 0 Å². The average molecular weight is 197 g/mol. The second kappa shape index (κ2) is 3.89. The van der Waals surface area contributed by atoms with Crippen LogP contribution >= 0.6 is 0 Å². The topological polar surface area (TPSA) is 38.3 Å². The Morgan fingerprint density at radius 1 is 1.36 bits per heavy atom. The summed E-state index contributed by atoms with van der Waals surface area (Å²) in [4.78, 5) is 11.3. The Balaban J connectivity index is 1.88. The van der Waals surface area contributed by atoms with Gasteiger partial charge in [0.2, 0.25) is 0 Å². The molecule has 1 N–H and O–H groups in total. The summed E-state index contributed by atoms with van der Waals surface area (Å²) in [7, 11) is 1.49. The largest absolute Gasteiger partial charge is 0.469 e. The number of rotatable bonds is 1. The molecule has 1 saturated carbocycles. The van der Waals surface area contributed by atoms with E-state index in [4.69, 9.17) is 4.74 Å². The molecule has 0 aromatic heterocycles. The van der Waals surface area contributed by atoms with Gasteiger partial charge in [0.1, 0.15) is 0 Å². The lowest BCUT2D eigenvalue weighted by Crippen LogP contribution is -2.44. The van der Waals surface area contributed by atoms with Crippen LogP contribution in [0.25, 0.3) is 0 Å². The minimum Gasteiger partial charge on any atom is -0.469 e. The molecule has 1 saturated heterocycles. The first-order chi connectivity index (χ1) is 6.76. The zero-order valence-electron chi connectivity index (χ0n) is 8.84. The van der Waals surface area contributed by atoms with Gasteiger partial charge in [0, 0.05) is 5.54 Å². The summed E-state index contributed by atoms with van der Waals surface area (Å²) in [5, 5.41) is 3.60. The van der Waals surface area contributed by atoms with Crippen molar-refractivity contribution in [3.8, 4) is 0 Å². The fourth-order valence-corrected chi connectivity index (χ4v) is 2.87. The van der Waals surface area contributed by atoms with Crippen LogP contribution < -0.4 is 5.32 Å². The average Bonchev–Trinajstić information content (AvgIpc) is 2.67. The minimum absolute atomic E-state index is 0.0159. The molecule has 1 aliphatic heterocycles. The quantitative estimate of drug-likeness (QED) is 0.647. The Kier molecular flexibility index (Phi) is 2.77. The maximum absolute atomic E-state index is 11.3. The molecule has 1 spiro atoms. The van der Waals surface area contributed by atoms with Crippen LogP contribution in [0.5, 0.6) is 0 Å².